The Morgan fingerprint density at radius 3 is 2.94 bits per heavy atom. The number of rotatable bonds is 5. The minimum absolute atomic E-state index is 0.110. The maximum absolute atomic E-state index is 11.7. The van der Waals surface area contributed by atoms with Crippen LogP contribution in [-0.2, 0) is 6.42 Å². The fourth-order valence-corrected chi connectivity index (χ4v) is 1.99. The first kappa shape index (κ1) is 12.2. The highest BCUT2D eigenvalue weighted by Gasteiger charge is 2.19. The van der Waals surface area contributed by atoms with Crippen molar-refractivity contribution in [2.45, 2.75) is 6.42 Å². The van der Waals surface area contributed by atoms with Crippen molar-refractivity contribution in [2.75, 3.05) is 6.54 Å². The molecule has 2 aromatic rings. The second kappa shape index (κ2) is 5.41. The Hall–Kier alpha value is -2.22. The Balaban J connectivity index is 1.91. The van der Waals surface area contributed by atoms with Gasteiger partial charge < -0.3 is 15.4 Å². The Kier molecular flexibility index (Phi) is 3.68. The molecule has 0 spiro atoms. The molecule has 1 amide bonds. The molecule has 7 nitrogen and oxygen atoms in total. The molecule has 2 aromatic heterocycles. The minimum Gasteiger partial charge on any atom is -0.477 e. The summed E-state index contributed by atoms with van der Waals surface area (Å²) in [4.78, 5) is 32.6. The number of imidazole rings is 1. The molecule has 0 fully saturated rings. The normalized spacial score (nSPS) is 10.2. The molecular formula is C10H10N4O3S. The van der Waals surface area contributed by atoms with Crippen LogP contribution in [0.3, 0.4) is 0 Å². The van der Waals surface area contributed by atoms with Gasteiger partial charge in [-0.1, -0.05) is 0 Å². The van der Waals surface area contributed by atoms with Crippen molar-refractivity contribution in [1.29, 1.82) is 0 Å². The van der Waals surface area contributed by atoms with Crippen LogP contribution in [-0.4, -0.2) is 38.5 Å². The van der Waals surface area contributed by atoms with E-state index in [0.29, 0.717) is 13.0 Å². The summed E-state index contributed by atoms with van der Waals surface area (Å²) in [5.74, 6) is -1.72. The number of hydrogen-bond donors (Lipinski definition) is 3. The molecule has 2 heterocycles. The highest BCUT2D eigenvalue weighted by atomic mass is 32.1. The van der Waals surface area contributed by atoms with Crippen molar-refractivity contribution in [3.8, 4) is 0 Å². The van der Waals surface area contributed by atoms with E-state index in [1.54, 1.807) is 6.20 Å². The van der Waals surface area contributed by atoms with E-state index in [1.807, 2.05) is 5.38 Å². The lowest BCUT2D eigenvalue weighted by Crippen LogP contribution is -2.27. The molecule has 0 saturated carbocycles. The lowest BCUT2D eigenvalue weighted by Gasteiger charge is -2.02. The second-order valence-electron chi connectivity index (χ2n) is 3.36. The summed E-state index contributed by atoms with van der Waals surface area (Å²) in [5.41, 5.74) is -0.316. The largest absolute Gasteiger partial charge is 0.477 e. The average Bonchev–Trinajstić information content (AvgIpc) is 2.99. The highest BCUT2D eigenvalue weighted by Crippen LogP contribution is 2.05. The number of amides is 1. The molecule has 8 heteroatoms. The summed E-state index contributed by atoms with van der Waals surface area (Å²) >= 11 is 1.50. The zero-order valence-electron chi connectivity index (χ0n) is 9.21. The van der Waals surface area contributed by atoms with Crippen LogP contribution in [0.4, 0.5) is 0 Å². The standard InChI is InChI=1S/C10H10N4O3S/c15-9(7-8(10(16)17)14-5-13-7)12-2-1-6-11-3-4-18-6/h3-5H,1-2H2,(H,12,15)(H,13,14)(H,16,17). The first-order valence-electron chi connectivity index (χ1n) is 5.11. The van der Waals surface area contributed by atoms with Gasteiger partial charge in [0, 0.05) is 24.5 Å². The average molecular weight is 266 g/mol. The molecule has 94 valence electrons. The molecule has 2 rings (SSSR count). The van der Waals surface area contributed by atoms with Crippen molar-refractivity contribution in [3.05, 3.63) is 34.3 Å². The van der Waals surface area contributed by atoms with E-state index in [1.165, 1.54) is 17.7 Å². The van der Waals surface area contributed by atoms with E-state index < -0.39 is 11.9 Å². The number of aromatic amines is 1. The van der Waals surface area contributed by atoms with Gasteiger partial charge in [-0.15, -0.1) is 11.3 Å². The maximum atomic E-state index is 11.7. The molecule has 0 atom stereocenters. The van der Waals surface area contributed by atoms with Crippen LogP contribution < -0.4 is 5.32 Å². The van der Waals surface area contributed by atoms with Gasteiger partial charge in [-0.25, -0.2) is 14.8 Å². The monoisotopic (exact) mass is 266 g/mol. The summed E-state index contributed by atoms with van der Waals surface area (Å²) in [7, 11) is 0. The van der Waals surface area contributed by atoms with Crippen LogP contribution in [0, 0.1) is 0 Å². The van der Waals surface area contributed by atoms with Crippen LogP contribution >= 0.6 is 11.3 Å². The van der Waals surface area contributed by atoms with Crippen molar-refractivity contribution < 1.29 is 14.7 Å². The minimum atomic E-state index is -1.21. The number of carbonyl (C=O) groups excluding carboxylic acids is 1. The molecule has 0 unspecified atom stereocenters. The molecule has 0 bridgehead atoms. The Labute approximate surface area is 106 Å². The number of thiazole rings is 1. The van der Waals surface area contributed by atoms with Crippen LogP contribution in [0.25, 0.3) is 0 Å². The Bertz CT molecular complexity index is 549. The number of nitrogens with one attached hydrogen (secondary N) is 2. The summed E-state index contributed by atoms with van der Waals surface area (Å²) < 4.78 is 0. The molecular weight excluding hydrogens is 256 g/mol. The molecule has 0 aromatic carbocycles. The van der Waals surface area contributed by atoms with Crippen molar-refractivity contribution >= 4 is 23.2 Å². The first-order valence-corrected chi connectivity index (χ1v) is 5.99. The van der Waals surface area contributed by atoms with Crippen LogP contribution in [0.5, 0.6) is 0 Å². The maximum Gasteiger partial charge on any atom is 0.354 e. The lowest BCUT2D eigenvalue weighted by atomic mass is 10.3. The summed E-state index contributed by atoms with van der Waals surface area (Å²) in [6.45, 7) is 0.387. The number of carboxylic acids is 1. The third-order valence-electron chi connectivity index (χ3n) is 2.18. The number of hydrogen-bond acceptors (Lipinski definition) is 5. The van der Waals surface area contributed by atoms with E-state index in [0.717, 1.165) is 5.01 Å². The van der Waals surface area contributed by atoms with E-state index in [4.69, 9.17) is 5.11 Å². The van der Waals surface area contributed by atoms with Crippen molar-refractivity contribution in [2.24, 2.45) is 0 Å². The SMILES string of the molecule is O=C(NCCc1nccs1)c1nc[nH]c1C(=O)O. The number of carboxylic acid groups (broad SMARTS) is 1. The summed E-state index contributed by atoms with van der Waals surface area (Å²) in [5, 5.41) is 14.2. The van der Waals surface area contributed by atoms with Gasteiger partial charge in [0.15, 0.2) is 11.4 Å². The zero-order chi connectivity index (χ0) is 13.0. The Morgan fingerprint density at radius 1 is 1.44 bits per heavy atom. The van der Waals surface area contributed by atoms with Gasteiger partial charge in [0.05, 0.1) is 11.3 Å². The fraction of sp³-hybridized carbons (Fsp3) is 0.200. The van der Waals surface area contributed by atoms with Gasteiger partial charge in [0.1, 0.15) is 0 Å². The van der Waals surface area contributed by atoms with Crippen molar-refractivity contribution in [1.82, 2.24) is 20.3 Å². The Morgan fingerprint density at radius 2 is 2.28 bits per heavy atom. The number of aromatic carboxylic acids is 1. The zero-order valence-corrected chi connectivity index (χ0v) is 10.0. The van der Waals surface area contributed by atoms with E-state index in [9.17, 15) is 9.59 Å². The molecule has 18 heavy (non-hydrogen) atoms. The smallest absolute Gasteiger partial charge is 0.354 e. The number of carbonyl (C=O) groups is 2. The lowest BCUT2D eigenvalue weighted by molar-refractivity contribution is 0.0685. The first-order chi connectivity index (χ1) is 8.68. The van der Waals surface area contributed by atoms with E-state index in [2.05, 4.69) is 20.3 Å². The van der Waals surface area contributed by atoms with Crippen molar-refractivity contribution in [3.63, 3.8) is 0 Å². The van der Waals surface area contributed by atoms with Crippen LogP contribution in [0.2, 0.25) is 0 Å². The van der Waals surface area contributed by atoms with Crippen LogP contribution in [0.15, 0.2) is 17.9 Å². The topological polar surface area (TPSA) is 108 Å². The molecule has 0 aliphatic heterocycles. The van der Waals surface area contributed by atoms with Gasteiger partial charge in [-0.2, -0.15) is 0 Å². The molecule has 3 N–H and O–H groups in total. The summed E-state index contributed by atoms with van der Waals surface area (Å²) in [6, 6.07) is 0. The third kappa shape index (κ3) is 2.72. The van der Waals surface area contributed by atoms with Gasteiger partial charge in [-0.05, 0) is 0 Å². The molecule has 0 aliphatic carbocycles. The van der Waals surface area contributed by atoms with Crippen LogP contribution in [0.1, 0.15) is 26.0 Å². The number of nitrogens with zero attached hydrogens (tertiary/aromatic N) is 2. The third-order valence-corrected chi connectivity index (χ3v) is 3.02. The number of aromatic nitrogens is 3. The molecule has 0 aliphatic rings. The molecule has 0 radical (unpaired) electrons. The highest BCUT2D eigenvalue weighted by molar-refractivity contribution is 7.09. The molecule has 0 saturated heterocycles. The predicted molar refractivity (Wildman–Crippen MR) is 63.7 cm³/mol. The quantitative estimate of drug-likeness (QED) is 0.732. The van der Waals surface area contributed by atoms with Gasteiger partial charge in [-0.3, -0.25) is 4.79 Å². The second-order valence-corrected chi connectivity index (χ2v) is 4.34. The fourth-order valence-electron chi connectivity index (χ4n) is 1.37. The predicted octanol–water partition coefficient (Wildman–Crippen LogP) is 0.537. The summed E-state index contributed by atoms with van der Waals surface area (Å²) in [6.07, 6.45) is 3.48. The van der Waals surface area contributed by atoms with Gasteiger partial charge in [0.25, 0.3) is 5.91 Å². The van der Waals surface area contributed by atoms with E-state index in [-0.39, 0.29) is 11.4 Å². The van der Waals surface area contributed by atoms with E-state index >= 15 is 0 Å². The van der Waals surface area contributed by atoms with Gasteiger partial charge in [0.2, 0.25) is 0 Å². The number of H-pyrrole nitrogens is 1. The van der Waals surface area contributed by atoms with Gasteiger partial charge >= 0.3 is 5.97 Å².